The first kappa shape index (κ1) is 12.2. The van der Waals surface area contributed by atoms with Gasteiger partial charge in [0.25, 0.3) is 0 Å². The predicted molar refractivity (Wildman–Crippen MR) is 76.6 cm³/mol. The van der Waals surface area contributed by atoms with E-state index >= 15 is 0 Å². The van der Waals surface area contributed by atoms with Crippen LogP contribution in [0.2, 0.25) is 0 Å². The third-order valence-electron chi connectivity index (χ3n) is 3.97. The zero-order chi connectivity index (χ0) is 12.5. The largest absolute Gasteiger partial charge is 0.490 e. The van der Waals surface area contributed by atoms with Gasteiger partial charge in [-0.1, -0.05) is 28.1 Å². The van der Waals surface area contributed by atoms with Crippen LogP contribution in [0.4, 0.5) is 0 Å². The van der Waals surface area contributed by atoms with Crippen LogP contribution < -0.4 is 10.5 Å². The molecule has 3 rings (SSSR count). The van der Waals surface area contributed by atoms with E-state index in [9.17, 15) is 0 Å². The van der Waals surface area contributed by atoms with Gasteiger partial charge >= 0.3 is 0 Å². The number of hydrogen-bond donors (Lipinski definition) is 1. The number of fused-ring (bicyclic) bond motifs is 1. The predicted octanol–water partition coefficient (Wildman–Crippen LogP) is 3.96. The van der Waals surface area contributed by atoms with Crippen LogP contribution in [-0.4, -0.2) is 6.10 Å². The number of rotatable bonds is 1. The minimum Gasteiger partial charge on any atom is -0.490 e. The van der Waals surface area contributed by atoms with Crippen molar-refractivity contribution in [3.63, 3.8) is 0 Å². The first-order valence-electron chi connectivity index (χ1n) is 6.61. The highest BCUT2D eigenvalue weighted by Crippen LogP contribution is 2.39. The summed E-state index contributed by atoms with van der Waals surface area (Å²) in [6.07, 6.45) is 9.28. The molecule has 0 saturated heterocycles. The number of hydrogen-bond acceptors (Lipinski definition) is 2. The van der Waals surface area contributed by atoms with E-state index in [-0.39, 0.29) is 12.1 Å². The topological polar surface area (TPSA) is 35.2 Å². The molecule has 2 nitrogen and oxygen atoms in total. The molecule has 18 heavy (non-hydrogen) atoms. The quantitative estimate of drug-likeness (QED) is 0.797. The van der Waals surface area contributed by atoms with Crippen molar-refractivity contribution in [3.8, 4) is 5.75 Å². The zero-order valence-electron chi connectivity index (χ0n) is 10.3. The van der Waals surface area contributed by atoms with Crippen molar-refractivity contribution in [3.05, 3.63) is 40.4 Å². The van der Waals surface area contributed by atoms with Gasteiger partial charge in [0.15, 0.2) is 0 Å². The maximum absolute atomic E-state index is 6.29. The molecule has 1 aliphatic heterocycles. The number of benzene rings is 1. The Kier molecular flexibility index (Phi) is 3.44. The molecular formula is C15H18BrNO. The van der Waals surface area contributed by atoms with Crippen LogP contribution in [-0.2, 0) is 0 Å². The van der Waals surface area contributed by atoms with Gasteiger partial charge in [0.2, 0.25) is 0 Å². The standard InChI is InChI=1S/C15H18BrNO/c16-11-6-7-14-12(8-11)13(17)9-15(18-14)10-4-2-1-3-5-10/h1-2,6-8,10,13,15H,3-5,9,17H2/t10?,13-,15?/m0/s1. The first-order valence-corrected chi connectivity index (χ1v) is 7.40. The molecule has 0 fully saturated rings. The molecule has 0 saturated carbocycles. The summed E-state index contributed by atoms with van der Waals surface area (Å²) in [6, 6.07) is 6.23. The van der Waals surface area contributed by atoms with Crippen molar-refractivity contribution in [2.75, 3.05) is 0 Å². The lowest BCUT2D eigenvalue weighted by Crippen LogP contribution is -2.35. The van der Waals surface area contributed by atoms with Crippen LogP contribution in [0.5, 0.6) is 5.75 Å². The van der Waals surface area contributed by atoms with Gasteiger partial charge in [-0.3, -0.25) is 0 Å². The Balaban J connectivity index is 1.82. The van der Waals surface area contributed by atoms with E-state index in [4.69, 9.17) is 10.5 Å². The Hall–Kier alpha value is -0.800. The Bertz CT molecular complexity index is 472. The van der Waals surface area contributed by atoms with Gasteiger partial charge < -0.3 is 10.5 Å². The van der Waals surface area contributed by atoms with E-state index in [2.05, 4.69) is 34.1 Å². The van der Waals surface area contributed by atoms with Gasteiger partial charge in [0.05, 0.1) is 0 Å². The van der Waals surface area contributed by atoms with Crippen molar-refractivity contribution in [2.24, 2.45) is 11.7 Å². The third kappa shape index (κ3) is 2.34. The van der Waals surface area contributed by atoms with Gasteiger partial charge in [-0.15, -0.1) is 0 Å². The molecule has 0 spiro atoms. The van der Waals surface area contributed by atoms with Crippen molar-refractivity contribution < 1.29 is 4.74 Å². The lowest BCUT2D eigenvalue weighted by molar-refractivity contribution is 0.0937. The minimum absolute atomic E-state index is 0.0992. The second-order valence-electron chi connectivity index (χ2n) is 5.23. The second-order valence-corrected chi connectivity index (χ2v) is 6.14. The molecule has 2 N–H and O–H groups in total. The summed E-state index contributed by atoms with van der Waals surface area (Å²) in [5.74, 6) is 1.59. The molecule has 2 unspecified atom stereocenters. The molecule has 0 radical (unpaired) electrons. The van der Waals surface area contributed by atoms with E-state index in [1.165, 1.54) is 12.8 Å². The average Bonchev–Trinajstić information content (AvgIpc) is 2.40. The van der Waals surface area contributed by atoms with Crippen molar-refractivity contribution in [1.29, 1.82) is 0 Å². The number of allylic oxidation sites excluding steroid dienone is 2. The molecule has 1 heterocycles. The summed E-state index contributed by atoms with van der Waals surface area (Å²) >= 11 is 3.49. The van der Waals surface area contributed by atoms with Crippen LogP contribution in [0.1, 0.15) is 37.3 Å². The molecule has 0 amide bonds. The minimum atomic E-state index is 0.0992. The summed E-state index contributed by atoms with van der Waals surface area (Å²) in [5.41, 5.74) is 7.42. The van der Waals surface area contributed by atoms with Crippen LogP contribution in [0.15, 0.2) is 34.8 Å². The van der Waals surface area contributed by atoms with Gasteiger partial charge in [-0.05, 0) is 43.4 Å². The summed E-state index contributed by atoms with van der Waals surface area (Å²) in [4.78, 5) is 0. The summed E-state index contributed by atoms with van der Waals surface area (Å²) < 4.78 is 7.23. The SMILES string of the molecule is N[C@H]1CC(C2CC=CCC2)Oc2ccc(Br)cc21. The zero-order valence-corrected chi connectivity index (χ0v) is 11.9. The van der Waals surface area contributed by atoms with Gasteiger partial charge in [-0.2, -0.15) is 0 Å². The number of nitrogens with two attached hydrogens (primary N) is 1. The molecule has 0 aromatic heterocycles. The smallest absolute Gasteiger partial charge is 0.124 e. The molecule has 3 atom stereocenters. The average molecular weight is 308 g/mol. The van der Waals surface area contributed by atoms with E-state index in [0.717, 1.165) is 28.6 Å². The second kappa shape index (κ2) is 5.06. The summed E-state index contributed by atoms with van der Waals surface area (Å²) in [7, 11) is 0. The van der Waals surface area contributed by atoms with Gasteiger partial charge in [0.1, 0.15) is 11.9 Å². The Morgan fingerprint density at radius 1 is 1.28 bits per heavy atom. The molecular weight excluding hydrogens is 290 g/mol. The van der Waals surface area contributed by atoms with Crippen LogP contribution in [0.3, 0.4) is 0 Å². The monoisotopic (exact) mass is 307 g/mol. The first-order chi connectivity index (χ1) is 8.74. The molecule has 1 aliphatic carbocycles. The molecule has 0 bridgehead atoms. The fraction of sp³-hybridized carbons (Fsp3) is 0.467. The highest BCUT2D eigenvalue weighted by atomic mass is 79.9. The Morgan fingerprint density at radius 3 is 2.94 bits per heavy atom. The van der Waals surface area contributed by atoms with Crippen molar-refractivity contribution in [1.82, 2.24) is 0 Å². The van der Waals surface area contributed by atoms with E-state index in [1.54, 1.807) is 0 Å². The molecule has 96 valence electrons. The lowest BCUT2D eigenvalue weighted by Gasteiger charge is -2.35. The fourth-order valence-corrected chi connectivity index (χ4v) is 3.33. The van der Waals surface area contributed by atoms with Crippen molar-refractivity contribution in [2.45, 2.75) is 37.8 Å². The van der Waals surface area contributed by atoms with Crippen molar-refractivity contribution >= 4 is 15.9 Å². The highest BCUT2D eigenvalue weighted by Gasteiger charge is 2.31. The Labute approximate surface area is 116 Å². The number of ether oxygens (including phenoxy) is 1. The van der Waals surface area contributed by atoms with Crippen LogP contribution >= 0.6 is 15.9 Å². The maximum Gasteiger partial charge on any atom is 0.124 e. The summed E-state index contributed by atoms with van der Waals surface area (Å²) in [5, 5.41) is 0. The normalized spacial score (nSPS) is 30.7. The fourth-order valence-electron chi connectivity index (χ4n) is 2.95. The van der Waals surface area contributed by atoms with Gasteiger partial charge in [-0.25, -0.2) is 0 Å². The van der Waals surface area contributed by atoms with Crippen LogP contribution in [0, 0.1) is 5.92 Å². The van der Waals surface area contributed by atoms with E-state index < -0.39 is 0 Å². The molecule has 2 aliphatic rings. The van der Waals surface area contributed by atoms with Gasteiger partial charge in [0, 0.05) is 22.5 Å². The third-order valence-corrected chi connectivity index (χ3v) is 4.46. The Morgan fingerprint density at radius 2 is 2.17 bits per heavy atom. The number of halogens is 1. The maximum atomic E-state index is 6.29. The molecule has 1 aromatic rings. The van der Waals surface area contributed by atoms with Crippen LogP contribution in [0.25, 0.3) is 0 Å². The molecule has 3 heteroatoms. The summed E-state index contributed by atoms with van der Waals surface area (Å²) in [6.45, 7) is 0. The lowest BCUT2D eigenvalue weighted by atomic mass is 9.84. The highest BCUT2D eigenvalue weighted by molar-refractivity contribution is 9.10. The van der Waals surface area contributed by atoms with E-state index in [1.807, 2.05) is 12.1 Å². The molecule has 1 aromatic carbocycles. The van der Waals surface area contributed by atoms with E-state index in [0.29, 0.717) is 5.92 Å².